The zero-order chi connectivity index (χ0) is 7.44. The second kappa shape index (κ2) is 3.80. The number of alkyl halides is 1. The molecule has 3 atom stereocenters. The first kappa shape index (κ1) is 8.85. The number of rotatable bonds is 3. The van der Waals surface area contributed by atoms with Crippen LogP contribution in [-0.2, 0) is 0 Å². The van der Waals surface area contributed by atoms with E-state index >= 15 is 0 Å². The fraction of sp³-hybridized carbons (Fsp3) is 1.00. The van der Waals surface area contributed by atoms with Crippen molar-refractivity contribution in [3.05, 3.63) is 0 Å². The average molecular weight is 136 g/mol. The quantitative estimate of drug-likeness (QED) is 0.599. The minimum absolute atomic E-state index is 0.303. The molecule has 0 radical (unpaired) electrons. The van der Waals surface area contributed by atoms with E-state index in [0.717, 1.165) is 0 Å². The van der Waals surface area contributed by atoms with E-state index < -0.39 is 18.4 Å². The highest BCUT2D eigenvalue weighted by molar-refractivity contribution is 4.57. The van der Waals surface area contributed by atoms with Crippen molar-refractivity contribution in [2.24, 2.45) is 5.92 Å². The van der Waals surface area contributed by atoms with Crippen LogP contribution in [0.2, 0.25) is 0 Å². The van der Waals surface area contributed by atoms with Crippen LogP contribution < -0.4 is 0 Å². The van der Waals surface area contributed by atoms with Gasteiger partial charge < -0.3 is 10.2 Å². The minimum atomic E-state index is -1.81. The van der Waals surface area contributed by atoms with Crippen LogP contribution in [0, 0.1) is 5.92 Å². The van der Waals surface area contributed by atoms with E-state index in [-0.39, 0.29) is 0 Å². The number of aliphatic hydroxyl groups is 2. The fourth-order valence-corrected chi connectivity index (χ4v) is 0.650. The molecule has 0 fully saturated rings. The molecule has 0 aliphatic carbocycles. The first-order valence-electron chi connectivity index (χ1n) is 3.04. The fourth-order valence-electron chi connectivity index (χ4n) is 0.650. The van der Waals surface area contributed by atoms with E-state index in [9.17, 15) is 4.39 Å². The smallest absolute Gasteiger partial charge is 0.199 e. The van der Waals surface area contributed by atoms with Crippen molar-refractivity contribution >= 4 is 0 Å². The molecule has 2 nitrogen and oxygen atoms in total. The summed E-state index contributed by atoms with van der Waals surface area (Å²) < 4.78 is 11.9. The molecule has 0 aliphatic heterocycles. The normalized spacial score (nSPS) is 21.0. The van der Waals surface area contributed by atoms with Crippen LogP contribution in [0.1, 0.15) is 20.3 Å². The van der Waals surface area contributed by atoms with Crippen molar-refractivity contribution < 1.29 is 14.6 Å². The highest BCUT2D eigenvalue weighted by atomic mass is 19.1. The summed E-state index contributed by atoms with van der Waals surface area (Å²) in [6, 6.07) is 0. The molecular formula is C6H13FO2. The molecule has 3 heteroatoms. The largest absolute Gasteiger partial charge is 0.393 e. The van der Waals surface area contributed by atoms with Gasteiger partial charge in [-0.25, -0.2) is 4.39 Å². The summed E-state index contributed by atoms with van der Waals surface area (Å²) in [5, 5.41) is 17.0. The maximum Gasteiger partial charge on any atom is 0.199 e. The van der Waals surface area contributed by atoms with Crippen molar-refractivity contribution in [1.29, 1.82) is 0 Å². The van der Waals surface area contributed by atoms with E-state index in [0.29, 0.717) is 6.42 Å². The zero-order valence-corrected chi connectivity index (χ0v) is 5.71. The molecule has 0 aromatic carbocycles. The maximum absolute atomic E-state index is 11.9. The van der Waals surface area contributed by atoms with Crippen LogP contribution in [0.5, 0.6) is 0 Å². The predicted octanol–water partition coefficient (Wildman–Crippen LogP) is 0.681. The van der Waals surface area contributed by atoms with Crippen LogP contribution in [0.25, 0.3) is 0 Å². The highest BCUT2D eigenvalue weighted by Crippen LogP contribution is 2.10. The predicted molar refractivity (Wildman–Crippen MR) is 32.6 cm³/mol. The van der Waals surface area contributed by atoms with Gasteiger partial charge in [-0.3, -0.25) is 0 Å². The Bertz CT molecular complexity index is 73.5. The third-order valence-electron chi connectivity index (χ3n) is 1.18. The summed E-state index contributed by atoms with van der Waals surface area (Å²) in [5.74, 6) is -0.468. The minimum Gasteiger partial charge on any atom is -0.393 e. The van der Waals surface area contributed by atoms with Crippen molar-refractivity contribution in [2.75, 3.05) is 0 Å². The second-order valence-electron chi connectivity index (χ2n) is 2.43. The van der Waals surface area contributed by atoms with Gasteiger partial charge in [-0.15, -0.1) is 0 Å². The van der Waals surface area contributed by atoms with Crippen molar-refractivity contribution in [1.82, 2.24) is 0 Å². The molecule has 0 aromatic heterocycles. The van der Waals surface area contributed by atoms with Gasteiger partial charge in [0, 0.05) is 5.92 Å². The standard InChI is InChI=1S/C6H13FO2/c1-4(6(7)9)3-5(2)8/h4-6,8-9H,3H2,1-2H3. The first-order valence-corrected chi connectivity index (χ1v) is 3.04. The number of halogens is 1. The van der Waals surface area contributed by atoms with Crippen molar-refractivity contribution in [3.8, 4) is 0 Å². The lowest BCUT2D eigenvalue weighted by molar-refractivity contribution is -0.0208. The molecule has 56 valence electrons. The van der Waals surface area contributed by atoms with E-state index in [4.69, 9.17) is 10.2 Å². The average Bonchev–Trinajstić information content (AvgIpc) is 1.63. The Balaban J connectivity index is 3.38. The third-order valence-corrected chi connectivity index (χ3v) is 1.18. The van der Waals surface area contributed by atoms with Crippen molar-refractivity contribution in [2.45, 2.75) is 32.7 Å². The molecular weight excluding hydrogens is 123 g/mol. The second-order valence-corrected chi connectivity index (χ2v) is 2.43. The molecule has 2 N–H and O–H groups in total. The SMILES string of the molecule is CC(O)CC(C)C(O)F. The molecule has 0 bridgehead atoms. The van der Waals surface area contributed by atoms with Gasteiger partial charge in [-0.05, 0) is 13.3 Å². The van der Waals surface area contributed by atoms with Crippen LogP contribution in [0.4, 0.5) is 4.39 Å². The van der Waals surface area contributed by atoms with Gasteiger partial charge in [0.15, 0.2) is 6.36 Å². The third kappa shape index (κ3) is 4.36. The molecule has 0 aliphatic rings. The molecule has 0 saturated carbocycles. The summed E-state index contributed by atoms with van der Waals surface area (Å²) in [6.45, 7) is 3.12. The van der Waals surface area contributed by atoms with Gasteiger partial charge in [-0.2, -0.15) is 0 Å². The molecule has 3 unspecified atom stereocenters. The van der Waals surface area contributed by atoms with Gasteiger partial charge in [0.25, 0.3) is 0 Å². The first-order chi connectivity index (χ1) is 4.04. The topological polar surface area (TPSA) is 40.5 Å². The van der Waals surface area contributed by atoms with Crippen molar-refractivity contribution in [3.63, 3.8) is 0 Å². The summed E-state index contributed by atoms with van der Waals surface area (Å²) in [4.78, 5) is 0. The monoisotopic (exact) mass is 136 g/mol. The molecule has 0 saturated heterocycles. The maximum atomic E-state index is 11.9. The van der Waals surface area contributed by atoms with Gasteiger partial charge in [-0.1, -0.05) is 6.92 Å². The number of hydrogen-bond donors (Lipinski definition) is 2. The van der Waals surface area contributed by atoms with Crippen LogP contribution in [0.15, 0.2) is 0 Å². The highest BCUT2D eigenvalue weighted by Gasteiger charge is 2.13. The lowest BCUT2D eigenvalue weighted by Crippen LogP contribution is -2.16. The van der Waals surface area contributed by atoms with Crippen LogP contribution in [0.3, 0.4) is 0 Å². The molecule has 0 rings (SSSR count). The van der Waals surface area contributed by atoms with E-state index in [1.807, 2.05) is 0 Å². The van der Waals surface area contributed by atoms with Crippen LogP contribution in [-0.4, -0.2) is 22.7 Å². The lowest BCUT2D eigenvalue weighted by Gasteiger charge is -2.12. The Morgan fingerprint density at radius 1 is 1.33 bits per heavy atom. The summed E-state index contributed by atoms with van der Waals surface area (Å²) in [6.07, 6.45) is -2.04. The van der Waals surface area contributed by atoms with E-state index in [1.54, 1.807) is 13.8 Å². The zero-order valence-electron chi connectivity index (χ0n) is 5.71. The van der Waals surface area contributed by atoms with Gasteiger partial charge >= 0.3 is 0 Å². The number of aliphatic hydroxyl groups excluding tert-OH is 2. The lowest BCUT2D eigenvalue weighted by atomic mass is 10.1. The molecule has 0 aromatic rings. The van der Waals surface area contributed by atoms with Crippen LogP contribution >= 0.6 is 0 Å². The van der Waals surface area contributed by atoms with E-state index in [2.05, 4.69) is 0 Å². The Kier molecular flexibility index (Phi) is 3.73. The molecule has 0 amide bonds. The summed E-state index contributed by atoms with van der Waals surface area (Å²) in [7, 11) is 0. The molecule has 0 spiro atoms. The van der Waals surface area contributed by atoms with E-state index in [1.165, 1.54) is 0 Å². The Labute approximate surface area is 54.3 Å². The number of hydrogen-bond acceptors (Lipinski definition) is 2. The Hall–Kier alpha value is -0.150. The summed E-state index contributed by atoms with van der Waals surface area (Å²) in [5.41, 5.74) is 0. The summed E-state index contributed by atoms with van der Waals surface area (Å²) >= 11 is 0. The Morgan fingerprint density at radius 3 is 1.89 bits per heavy atom. The molecule has 0 heterocycles. The van der Waals surface area contributed by atoms with Gasteiger partial charge in [0.05, 0.1) is 6.10 Å². The van der Waals surface area contributed by atoms with Gasteiger partial charge in [0.2, 0.25) is 0 Å². The Morgan fingerprint density at radius 2 is 1.78 bits per heavy atom. The molecule has 9 heavy (non-hydrogen) atoms. The van der Waals surface area contributed by atoms with Gasteiger partial charge in [0.1, 0.15) is 0 Å².